The number of carbonyl (C=O) groups is 2. The van der Waals surface area contributed by atoms with Gasteiger partial charge in [0.15, 0.2) is 11.0 Å². The van der Waals surface area contributed by atoms with Crippen molar-refractivity contribution in [1.29, 1.82) is 0 Å². The summed E-state index contributed by atoms with van der Waals surface area (Å²) in [7, 11) is 0. The summed E-state index contributed by atoms with van der Waals surface area (Å²) in [6.45, 7) is 2.41. The second kappa shape index (κ2) is 9.26. The number of nitrogens with one attached hydrogen (secondary N) is 1. The number of amides is 2. The van der Waals surface area contributed by atoms with E-state index in [1.54, 1.807) is 10.6 Å². The minimum atomic E-state index is -4.78. The first-order valence-corrected chi connectivity index (χ1v) is 11.2. The normalized spacial score (nSPS) is 16.2. The molecule has 1 N–H and O–H groups in total. The lowest BCUT2D eigenvalue weighted by atomic mass is 10.1. The Morgan fingerprint density at radius 2 is 1.82 bits per heavy atom. The second-order valence-corrected chi connectivity index (χ2v) is 8.24. The fourth-order valence-corrected chi connectivity index (χ4v) is 4.53. The van der Waals surface area contributed by atoms with Gasteiger partial charge in [0, 0.05) is 12.1 Å². The van der Waals surface area contributed by atoms with Crippen molar-refractivity contribution in [3.8, 4) is 11.4 Å². The monoisotopic (exact) mass is 475 g/mol. The molecule has 7 nitrogen and oxygen atoms in total. The van der Waals surface area contributed by atoms with Crippen LogP contribution in [0.15, 0.2) is 59.8 Å². The third-order valence-electron chi connectivity index (χ3n) is 5.16. The van der Waals surface area contributed by atoms with E-state index in [0.717, 1.165) is 17.3 Å². The molecule has 0 fully saturated rings. The van der Waals surface area contributed by atoms with Gasteiger partial charge in [-0.1, -0.05) is 54.2 Å². The van der Waals surface area contributed by atoms with E-state index in [9.17, 15) is 22.8 Å². The highest BCUT2D eigenvalue weighted by molar-refractivity contribution is 7.99. The molecule has 2 heterocycles. The summed E-state index contributed by atoms with van der Waals surface area (Å²) in [5.74, 6) is -1.28. The third-order valence-corrected chi connectivity index (χ3v) is 6.12. The largest absolute Gasteiger partial charge is 0.409 e. The zero-order valence-corrected chi connectivity index (χ0v) is 18.4. The molecule has 0 saturated carbocycles. The summed E-state index contributed by atoms with van der Waals surface area (Å²) < 4.78 is 43.4. The van der Waals surface area contributed by atoms with Gasteiger partial charge in [-0.05, 0) is 19.1 Å². The number of nitrogens with zero attached hydrogens (tertiary/aromatic N) is 4. The van der Waals surface area contributed by atoms with E-state index >= 15 is 0 Å². The van der Waals surface area contributed by atoms with E-state index in [1.165, 1.54) is 18.2 Å². The first-order chi connectivity index (χ1) is 15.8. The van der Waals surface area contributed by atoms with Crippen LogP contribution in [-0.2, 0) is 16.1 Å². The molecule has 11 heteroatoms. The van der Waals surface area contributed by atoms with Crippen molar-refractivity contribution in [1.82, 2.24) is 14.8 Å². The number of rotatable bonds is 5. The van der Waals surface area contributed by atoms with Crippen LogP contribution in [0.1, 0.15) is 13.3 Å². The molecule has 0 aliphatic carbocycles. The molecule has 1 aliphatic rings. The van der Waals surface area contributed by atoms with Gasteiger partial charge in [-0.25, -0.2) is 0 Å². The van der Waals surface area contributed by atoms with E-state index in [1.807, 2.05) is 37.3 Å². The van der Waals surface area contributed by atoms with Gasteiger partial charge in [0.05, 0.1) is 23.5 Å². The first-order valence-electron chi connectivity index (χ1n) is 10.2. The number of anilines is 2. The number of para-hydroxylation sites is 2. The van der Waals surface area contributed by atoms with Crippen LogP contribution in [-0.4, -0.2) is 44.5 Å². The lowest BCUT2D eigenvalue weighted by Crippen LogP contribution is -2.50. The summed E-state index contributed by atoms with van der Waals surface area (Å²) in [5.41, 5.74) is 1.02. The average molecular weight is 475 g/mol. The Bertz CT molecular complexity index is 1170. The van der Waals surface area contributed by atoms with Gasteiger partial charge in [-0.2, -0.15) is 13.2 Å². The number of benzene rings is 2. The van der Waals surface area contributed by atoms with Gasteiger partial charge in [0.2, 0.25) is 11.8 Å². The Kier molecular flexibility index (Phi) is 6.41. The molecule has 1 unspecified atom stereocenters. The number of alkyl halides is 3. The maximum Gasteiger partial charge on any atom is 0.409 e. The van der Waals surface area contributed by atoms with Crippen molar-refractivity contribution >= 4 is 35.0 Å². The number of thioether (sulfide) groups is 1. The molecule has 172 valence electrons. The number of aromatic nitrogens is 3. The van der Waals surface area contributed by atoms with Crippen molar-refractivity contribution in [2.24, 2.45) is 0 Å². The highest BCUT2D eigenvalue weighted by atomic mass is 32.2. The topological polar surface area (TPSA) is 80.1 Å². The first kappa shape index (κ1) is 22.8. The Labute approximate surface area is 192 Å². The summed E-state index contributed by atoms with van der Waals surface area (Å²) in [6.07, 6.45) is -5.66. The molecule has 0 spiro atoms. The van der Waals surface area contributed by atoms with Gasteiger partial charge in [0.25, 0.3) is 0 Å². The Morgan fingerprint density at radius 3 is 2.52 bits per heavy atom. The fourth-order valence-electron chi connectivity index (χ4n) is 3.67. The molecule has 3 aromatic rings. The predicted octanol–water partition coefficient (Wildman–Crippen LogP) is 4.36. The molecule has 2 amide bonds. The Morgan fingerprint density at radius 1 is 1.12 bits per heavy atom. The SMILES string of the molecule is CCn1c(SCC(=O)N2c3ccccc3NC(=O)CC2C(F)(F)F)nnc1-c1ccccc1. The van der Waals surface area contributed by atoms with Crippen LogP contribution in [0.25, 0.3) is 11.4 Å². The molecule has 0 saturated heterocycles. The number of hydrogen-bond donors (Lipinski definition) is 1. The van der Waals surface area contributed by atoms with Crippen molar-refractivity contribution in [2.45, 2.75) is 37.3 Å². The highest BCUT2D eigenvalue weighted by Crippen LogP contribution is 2.38. The van der Waals surface area contributed by atoms with Gasteiger partial charge in [-0.15, -0.1) is 10.2 Å². The van der Waals surface area contributed by atoms with Crippen LogP contribution in [0.5, 0.6) is 0 Å². The fraction of sp³-hybridized carbons (Fsp3) is 0.273. The minimum absolute atomic E-state index is 0.0122. The molecule has 0 radical (unpaired) electrons. The summed E-state index contributed by atoms with van der Waals surface area (Å²) in [5, 5.41) is 11.2. The van der Waals surface area contributed by atoms with E-state index in [0.29, 0.717) is 22.4 Å². The van der Waals surface area contributed by atoms with Crippen LogP contribution in [0, 0.1) is 0 Å². The lowest BCUT2D eigenvalue weighted by Gasteiger charge is -2.31. The van der Waals surface area contributed by atoms with Gasteiger partial charge in [-0.3, -0.25) is 14.5 Å². The molecular weight excluding hydrogens is 455 g/mol. The number of carbonyl (C=O) groups excluding carboxylic acids is 2. The van der Waals surface area contributed by atoms with E-state index in [2.05, 4.69) is 15.5 Å². The summed E-state index contributed by atoms with van der Waals surface area (Å²) in [6, 6.07) is 13.1. The van der Waals surface area contributed by atoms with Gasteiger partial charge in [0.1, 0.15) is 6.04 Å². The Hall–Kier alpha value is -3.34. The zero-order chi connectivity index (χ0) is 23.6. The van der Waals surface area contributed by atoms with Crippen LogP contribution in [0.4, 0.5) is 24.5 Å². The molecule has 1 atom stereocenters. The predicted molar refractivity (Wildman–Crippen MR) is 119 cm³/mol. The summed E-state index contributed by atoms with van der Waals surface area (Å²) >= 11 is 1.01. The highest BCUT2D eigenvalue weighted by Gasteiger charge is 2.48. The quantitative estimate of drug-likeness (QED) is 0.555. The maximum absolute atomic E-state index is 13.9. The van der Waals surface area contributed by atoms with Crippen molar-refractivity contribution in [3.05, 3.63) is 54.6 Å². The van der Waals surface area contributed by atoms with Crippen LogP contribution < -0.4 is 10.2 Å². The van der Waals surface area contributed by atoms with E-state index in [-0.39, 0.29) is 17.1 Å². The van der Waals surface area contributed by atoms with Crippen LogP contribution >= 0.6 is 11.8 Å². The molecule has 4 rings (SSSR count). The smallest absolute Gasteiger partial charge is 0.324 e. The lowest BCUT2D eigenvalue weighted by molar-refractivity contribution is -0.157. The van der Waals surface area contributed by atoms with E-state index in [4.69, 9.17) is 0 Å². The van der Waals surface area contributed by atoms with E-state index < -0.39 is 30.5 Å². The van der Waals surface area contributed by atoms with Crippen molar-refractivity contribution in [3.63, 3.8) is 0 Å². The van der Waals surface area contributed by atoms with Crippen molar-refractivity contribution < 1.29 is 22.8 Å². The van der Waals surface area contributed by atoms with Gasteiger partial charge < -0.3 is 9.88 Å². The summed E-state index contributed by atoms with van der Waals surface area (Å²) in [4.78, 5) is 25.9. The minimum Gasteiger partial charge on any atom is -0.324 e. The average Bonchev–Trinajstić information content (AvgIpc) is 3.13. The second-order valence-electron chi connectivity index (χ2n) is 7.30. The molecule has 33 heavy (non-hydrogen) atoms. The van der Waals surface area contributed by atoms with Gasteiger partial charge >= 0.3 is 6.18 Å². The number of fused-ring (bicyclic) bond motifs is 1. The standard InChI is InChI=1S/C22H20F3N5O2S/c1-2-29-20(14-8-4-3-5-9-14)27-28-21(29)33-13-19(32)30-16-11-7-6-10-15(16)26-18(31)12-17(30)22(23,24)25/h3-11,17H,2,12-13H2,1H3,(H,26,31). The van der Waals surface area contributed by atoms with Crippen molar-refractivity contribution in [2.75, 3.05) is 16.0 Å². The van der Waals surface area contributed by atoms with Crippen LogP contribution in [0.3, 0.4) is 0 Å². The number of halogens is 3. The molecule has 0 bridgehead atoms. The molecular formula is C22H20F3N5O2S. The third kappa shape index (κ3) is 4.72. The molecule has 1 aromatic heterocycles. The molecule has 1 aliphatic heterocycles. The molecule has 2 aromatic carbocycles. The number of hydrogen-bond acceptors (Lipinski definition) is 5. The Balaban J connectivity index is 1.62. The van der Waals surface area contributed by atoms with Crippen LogP contribution in [0.2, 0.25) is 0 Å². The maximum atomic E-state index is 13.9. The zero-order valence-electron chi connectivity index (χ0n) is 17.5.